The fourth-order valence-electron chi connectivity index (χ4n) is 11.0. The number of nitrogens with one attached hydrogen (secondary N) is 6. The number of imidazole rings is 1. The van der Waals surface area contributed by atoms with Crippen LogP contribution in [0.5, 0.6) is 0 Å². The molecule has 0 saturated heterocycles. The number of hydrogen-bond acceptors (Lipinski definition) is 5. The summed E-state index contributed by atoms with van der Waals surface area (Å²) in [6.07, 6.45) is 7.76. The summed E-state index contributed by atoms with van der Waals surface area (Å²) < 4.78 is 1.96. The van der Waals surface area contributed by atoms with Crippen LogP contribution < -0.4 is 31.9 Å². The number of hydrogen-bond donors (Lipinski definition) is 6. The van der Waals surface area contributed by atoms with Gasteiger partial charge in [-0.1, -0.05) is 124 Å². The Hall–Kier alpha value is -9.13. The Bertz CT molecular complexity index is 3970. The second-order valence-corrected chi connectivity index (χ2v) is 29.3. The molecule has 0 unspecified atom stereocenters. The molecule has 95 heavy (non-hydrogen) atoms. The van der Waals surface area contributed by atoms with E-state index in [2.05, 4.69) is 195 Å². The quantitative estimate of drug-likeness (QED) is 0.0562. The molecular formula is C83H104N8O3S. The van der Waals surface area contributed by atoms with Gasteiger partial charge in [-0.25, -0.2) is 9.78 Å². The van der Waals surface area contributed by atoms with Crippen molar-refractivity contribution in [1.82, 2.24) is 9.55 Å². The van der Waals surface area contributed by atoms with Crippen molar-refractivity contribution < 1.29 is 14.4 Å². The summed E-state index contributed by atoms with van der Waals surface area (Å²) in [5.74, 6) is 1.10. The molecule has 0 bridgehead atoms. The first-order valence-electron chi connectivity index (χ1n) is 33.1. The van der Waals surface area contributed by atoms with Crippen molar-refractivity contribution >= 4 is 69.3 Å². The maximum Gasteiger partial charge on any atom is 0.323 e. The van der Waals surface area contributed by atoms with Gasteiger partial charge in [0.2, 0.25) is 0 Å². The summed E-state index contributed by atoms with van der Waals surface area (Å²) in [5, 5.41) is 18.9. The van der Waals surface area contributed by atoms with Crippen LogP contribution in [0.25, 0.3) is 5.69 Å². The van der Waals surface area contributed by atoms with Crippen molar-refractivity contribution in [3.63, 3.8) is 0 Å². The van der Waals surface area contributed by atoms with Crippen LogP contribution in [0.4, 0.5) is 38.9 Å². The van der Waals surface area contributed by atoms with Gasteiger partial charge in [0.1, 0.15) is 0 Å². The van der Waals surface area contributed by atoms with Gasteiger partial charge < -0.3 is 36.5 Å². The summed E-state index contributed by atoms with van der Waals surface area (Å²) >= 11 is 5.40. The second kappa shape index (κ2) is 34.3. The first-order valence-corrected chi connectivity index (χ1v) is 33.5. The second-order valence-electron chi connectivity index (χ2n) is 28.9. The van der Waals surface area contributed by atoms with Crippen molar-refractivity contribution in [2.45, 2.75) is 164 Å². The number of carbonyl (C=O) groups excluding carboxylic acids is 3. The maximum absolute atomic E-state index is 12.9. The number of aryl methyl sites for hydroxylation is 10. The number of carbonyl (C=O) groups is 3. The van der Waals surface area contributed by atoms with E-state index < -0.39 is 0 Å². The number of aromatic nitrogens is 2. The molecular weight excluding hydrogens is 1190 g/mol. The van der Waals surface area contributed by atoms with Crippen LogP contribution in [0, 0.1) is 91.9 Å². The first kappa shape index (κ1) is 74.9. The molecule has 1 aromatic heterocycles. The third-order valence-electron chi connectivity index (χ3n) is 15.5. The molecule has 0 aliphatic rings. The van der Waals surface area contributed by atoms with E-state index in [0.29, 0.717) is 28.1 Å². The number of anilines is 6. The summed E-state index contributed by atoms with van der Waals surface area (Å²) in [6, 6.07) is 52.2. The molecule has 4 amide bonds. The van der Waals surface area contributed by atoms with Crippen LogP contribution in [0.2, 0.25) is 0 Å². The molecule has 0 aliphatic carbocycles. The number of urea groups is 1. The zero-order valence-electron chi connectivity index (χ0n) is 60.2. The molecule has 9 rings (SSSR count). The third-order valence-corrected chi connectivity index (χ3v) is 15.7. The highest BCUT2D eigenvalue weighted by molar-refractivity contribution is 7.80. The third kappa shape index (κ3) is 25.9. The van der Waals surface area contributed by atoms with Crippen molar-refractivity contribution in [3.8, 4) is 5.69 Å². The van der Waals surface area contributed by atoms with E-state index in [4.69, 9.17) is 12.2 Å². The lowest BCUT2D eigenvalue weighted by atomic mass is 9.86. The Labute approximate surface area is 573 Å². The molecule has 500 valence electrons. The van der Waals surface area contributed by atoms with Gasteiger partial charge in [0.05, 0.1) is 12.0 Å². The Balaban J connectivity index is 0.000000202. The highest BCUT2D eigenvalue weighted by atomic mass is 32.1. The predicted molar refractivity (Wildman–Crippen MR) is 408 cm³/mol. The first-order chi connectivity index (χ1) is 44.6. The highest BCUT2D eigenvalue weighted by Crippen LogP contribution is 2.28. The van der Waals surface area contributed by atoms with E-state index in [1.165, 1.54) is 50.1 Å². The Morgan fingerprint density at radius 3 is 1.20 bits per heavy atom. The molecule has 11 nitrogen and oxygen atoms in total. The Morgan fingerprint density at radius 1 is 0.411 bits per heavy atom. The lowest BCUT2D eigenvalue weighted by Crippen LogP contribution is -2.19. The standard InChI is InChI=1S/C24H29N3O.C21H27NO.C19H24N2O.C19H24N2S/c1-16-9-21(12-22(10-16)27-14-18(3)25-15-27)26-23(28)19-8-7-17(2)20(11-19)13-24(4,5)6;1-14-9-15(2)11-19(10-14)22-20(23)17-8-7-16(3)18(12-17)13-21(4,5)6;2*1-13(2)10-16-12-18(9-8-15(16)4)21-19(22)20-17-7-5-6-14(3)11-17/h7-12,14-15H,13H2,1-6H3,(H,26,28);7-12H,13H2,1-6H3,(H,22,23);2*5-9,11-13H,10H2,1-4H3,(H2,20,21,22). The molecule has 12 heteroatoms. The molecule has 6 N–H and O–H groups in total. The molecule has 1 heterocycles. The average molecular weight is 1290 g/mol. The average Bonchev–Trinajstić information content (AvgIpc) is 1.78. The van der Waals surface area contributed by atoms with E-state index in [9.17, 15) is 14.4 Å². The van der Waals surface area contributed by atoms with Gasteiger partial charge in [0.25, 0.3) is 11.8 Å². The fraction of sp³-hybridized carbons (Fsp3) is 0.337. The van der Waals surface area contributed by atoms with E-state index >= 15 is 0 Å². The zero-order chi connectivity index (χ0) is 69.9. The molecule has 0 aliphatic heterocycles. The van der Waals surface area contributed by atoms with E-state index in [-0.39, 0.29) is 28.7 Å². The van der Waals surface area contributed by atoms with Gasteiger partial charge in [-0.15, -0.1) is 0 Å². The summed E-state index contributed by atoms with van der Waals surface area (Å²) in [5.41, 5.74) is 24.9. The largest absolute Gasteiger partial charge is 0.332 e. The minimum Gasteiger partial charge on any atom is -0.332 e. The van der Waals surface area contributed by atoms with Gasteiger partial charge in [-0.3, -0.25) is 9.59 Å². The summed E-state index contributed by atoms with van der Waals surface area (Å²) in [4.78, 5) is 41.8. The highest BCUT2D eigenvalue weighted by Gasteiger charge is 2.18. The zero-order valence-corrected chi connectivity index (χ0v) is 61.0. The van der Waals surface area contributed by atoms with Crippen molar-refractivity contribution in [1.29, 1.82) is 0 Å². The van der Waals surface area contributed by atoms with Gasteiger partial charge in [0, 0.05) is 57.1 Å². The van der Waals surface area contributed by atoms with Crippen LogP contribution in [-0.2, 0) is 25.7 Å². The summed E-state index contributed by atoms with van der Waals surface area (Å²) in [7, 11) is 0. The Morgan fingerprint density at radius 2 is 0.789 bits per heavy atom. The number of benzene rings is 8. The molecule has 0 radical (unpaired) electrons. The van der Waals surface area contributed by atoms with E-state index in [1.54, 1.807) is 6.33 Å². The van der Waals surface area contributed by atoms with Crippen LogP contribution in [-0.4, -0.2) is 32.5 Å². The molecule has 0 fully saturated rings. The van der Waals surface area contributed by atoms with Crippen molar-refractivity contribution in [3.05, 3.63) is 259 Å². The summed E-state index contributed by atoms with van der Waals surface area (Å²) in [6.45, 7) is 42.8. The van der Waals surface area contributed by atoms with Crippen molar-refractivity contribution in [2.24, 2.45) is 22.7 Å². The molecule has 9 aromatic rings. The van der Waals surface area contributed by atoms with Gasteiger partial charge in [-0.2, -0.15) is 0 Å². The SMILES string of the molecule is Cc1cc(C)cc(NC(=O)c2ccc(C)c(CC(C)(C)C)c2)c1.Cc1cc(NC(=O)c2ccc(C)c(CC(C)(C)C)c2)cc(-n2cnc(C)c2)c1.Cc1cccc(NC(=O)Nc2ccc(C)c(CC(C)C)c2)c1.Cc1cccc(NC(=S)Nc2ccc(C)c(CC(C)C)c2)c1. The van der Waals surface area contributed by atoms with Crippen LogP contribution >= 0.6 is 12.2 Å². The van der Waals surface area contributed by atoms with Crippen LogP contribution in [0.1, 0.15) is 168 Å². The topological polar surface area (TPSA) is 141 Å². The van der Waals surface area contributed by atoms with Gasteiger partial charge >= 0.3 is 6.03 Å². The lowest BCUT2D eigenvalue weighted by Gasteiger charge is -2.20. The maximum atomic E-state index is 12.9. The minimum atomic E-state index is -0.218. The van der Waals surface area contributed by atoms with Crippen molar-refractivity contribution in [2.75, 3.05) is 31.9 Å². The van der Waals surface area contributed by atoms with E-state index in [1.807, 2.05) is 149 Å². The smallest absolute Gasteiger partial charge is 0.323 e. The number of thiocarbonyl (C=S) groups is 1. The van der Waals surface area contributed by atoms with Gasteiger partial charge in [-0.05, 0) is 305 Å². The number of rotatable bonds is 15. The molecule has 8 aromatic carbocycles. The number of amides is 4. The van der Waals surface area contributed by atoms with Crippen LogP contribution in [0.15, 0.2) is 170 Å². The Kier molecular flexibility index (Phi) is 27.1. The molecule has 0 atom stereocenters. The molecule has 0 saturated carbocycles. The fourth-order valence-corrected chi connectivity index (χ4v) is 11.2. The minimum absolute atomic E-state index is 0.0508. The normalized spacial score (nSPS) is 11.1. The molecule has 0 spiro atoms. The lowest BCUT2D eigenvalue weighted by molar-refractivity contribution is 0.101. The van der Waals surface area contributed by atoms with E-state index in [0.717, 1.165) is 93.4 Å². The van der Waals surface area contributed by atoms with Crippen LogP contribution in [0.3, 0.4) is 0 Å². The number of nitrogens with zero attached hydrogens (tertiary/aromatic N) is 2. The van der Waals surface area contributed by atoms with Gasteiger partial charge in [0.15, 0.2) is 5.11 Å². The predicted octanol–water partition coefficient (Wildman–Crippen LogP) is 21.5. The monoisotopic (exact) mass is 1290 g/mol.